The van der Waals surface area contributed by atoms with E-state index in [1.165, 1.54) is 6.42 Å². The van der Waals surface area contributed by atoms with Crippen LogP contribution in [0.5, 0.6) is 11.5 Å². The molecule has 3 nitrogen and oxygen atoms in total. The van der Waals surface area contributed by atoms with Gasteiger partial charge in [0, 0.05) is 6.54 Å². The second kappa shape index (κ2) is 9.65. The number of hydrogen-bond donors (Lipinski definition) is 1. The molecule has 1 aromatic rings. The van der Waals surface area contributed by atoms with Crippen molar-refractivity contribution in [2.24, 2.45) is 5.92 Å². The van der Waals surface area contributed by atoms with Gasteiger partial charge in [-0.1, -0.05) is 32.9 Å². The highest BCUT2D eigenvalue weighted by molar-refractivity contribution is 5.39. The molecule has 0 fully saturated rings. The summed E-state index contributed by atoms with van der Waals surface area (Å²) in [6, 6.07) is 7.88. The van der Waals surface area contributed by atoms with Crippen molar-refractivity contribution in [2.75, 3.05) is 19.7 Å². The van der Waals surface area contributed by atoms with Gasteiger partial charge < -0.3 is 14.8 Å². The molecule has 0 aromatic heterocycles. The zero-order valence-corrected chi connectivity index (χ0v) is 13.3. The smallest absolute Gasteiger partial charge is 0.161 e. The standard InChI is InChI=1S/C17H29NO2/c1-5-12-19-16-8-6-7-9-17(16)20-15(4)13-18-11-10-14(2)3/h6-9,14-15,18H,5,10-13H2,1-4H3. The van der Waals surface area contributed by atoms with Crippen LogP contribution in [0.25, 0.3) is 0 Å². The van der Waals surface area contributed by atoms with Crippen LogP contribution in [-0.2, 0) is 0 Å². The highest BCUT2D eigenvalue weighted by atomic mass is 16.5. The molecule has 3 heteroatoms. The third-order valence-electron chi connectivity index (χ3n) is 2.97. The maximum Gasteiger partial charge on any atom is 0.161 e. The van der Waals surface area contributed by atoms with Crippen molar-refractivity contribution in [2.45, 2.75) is 46.6 Å². The van der Waals surface area contributed by atoms with E-state index in [1.807, 2.05) is 24.3 Å². The SMILES string of the molecule is CCCOc1ccccc1OC(C)CNCCC(C)C. The first-order valence-electron chi connectivity index (χ1n) is 7.72. The molecule has 1 rings (SSSR count). The minimum atomic E-state index is 0.133. The van der Waals surface area contributed by atoms with E-state index >= 15 is 0 Å². The van der Waals surface area contributed by atoms with Crippen molar-refractivity contribution in [3.8, 4) is 11.5 Å². The topological polar surface area (TPSA) is 30.5 Å². The number of nitrogens with one attached hydrogen (secondary N) is 1. The van der Waals surface area contributed by atoms with Crippen LogP contribution >= 0.6 is 0 Å². The predicted octanol–water partition coefficient (Wildman–Crippen LogP) is 3.88. The molecule has 0 saturated heterocycles. The van der Waals surface area contributed by atoms with Crippen molar-refractivity contribution in [3.63, 3.8) is 0 Å². The molecule has 1 unspecified atom stereocenters. The Hall–Kier alpha value is -1.22. The Morgan fingerprint density at radius 2 is 1.80 bits per heavy atom. The Bertz CT molecular complexity index is 366. The summed E-state index contributed by atoms with van der Waals surface area (Å²) in [4.78, 5) is 0. The van der Waals surface area contributed by atoms with Crippen molar-refractivity contribution in [3.05, 3.63) is 24.3 Å². The molecule has 1 atom stereocenters. The van der Waals surface area contributed by atoms with Gasteiger partial charge in [-0.05, 0) is 44.4 Å². The van der Waals surface area contributed by atoms with Crippen LogP contribution in [-0.4, -0.2) is 25.8 Å². The molecule has 20 heavy (non-hydrogen) atoms. The molecule has 0 radical (unpaired) electrons. The van der Waals surface area contributed by atoms with Crippen LogP contribution in [0.1, 0.15) is 40.5 Å². The van der Waals surface area contributed by atoms with Gasteiger partial charge in [-0.2, -0.15) is 0 Å². The van der Waals surface area contributed by atoms with Crippen molar-refractivity contribution < 1.29 is 9.47 Å². The highest BCUT2D eigenvalue weighted by Gasteiger charge is 2.08. The maximum atomic E-state index is 5.96. The van der Waals surface area contributed by atoms with Crippen LogP contribution in [0.2, 0.25) is 0 Å². The van der Waals surface area contributed by atoms with Crippen molar-refractivity contribution in [1.29, 1.82) is 0 Å². The fraction of sp³-hybridized carbons (Fsp3) is 0.647. The molecule has 1 aromatic carbocycles. The van der Waals surface area contributed by atoms with E-state index in [4.69, 9.17) is 9.47 Å². The summed E-state index contributed by atoms with van der Waals surface area (Å²) in [7, 11) is 0. The zero-order chi connectivity index (χ0) is 14.8. The first-order chi connectivity index (χ1) is 9.63. The summed E-state index contributed by atoms with van der Waals surface area (Å²) in [6.07, 6.45) is 2.33. The number of para-hydroxylation sites is 2. The van der Waals surface area contributed by atoms with Crippen molar-refractivity contribution >= 4 is 0 Å². The van der Waals surface area contributed by atoms with E-state index in [0.717, 1.165) is 43.5 Å². The van der Waals surface area contributed by atoms with E-state index in [1.54, 1.807) is 0 Å². The Morgan fingerprint density at radius 1 is 1.10 bits per heavy atom. The second-order valence-corrected chi connectivity index (χ2v) is 5.61. The van der Waals surface area contributed by atoms with Gasteiger partial charge in [0.2, 0.25) is 0 Å². The Kier molecular flexibility index (Phi) is 8.12. The summed E-state index contributed by atoms with van der Waals surface area (Å²) in [6.45, 7) is 11.3. The number of benzene rings is 1. The molecule has 0 spiro atoms. The van der Waals surface area contributed by atoms with Gasteiger partial charge in [0.1, 0.15) is 6.10 Å². The molecule has 0 aliphatic carbocycles. The van der Waals surface area contributed by atoms with Gasteiger partial charge >= 0.3 is 0 Å². The van der Waals surface area contributed by atoms with Gasteiger partial charge in [0.25, 0.3) is 0 Å². The molecule has 0 aliphatic rings. The Morgan fingerprint density at radius 3 is 2.45 bits per heavy atom. The first-order valence-corrected chi connectivity index (χ1v) is 7.72. The third-order valence-corrected chi connectivity index (χ3v) is 2.97. The second-order valence-electron chi connectivity index (χ2n) is 5.61. The van der Waals surface area contributed by atoms with Crippen LogP contribution in [0, 0.1) is 5.92 Å². The lowest BCUT2D eigenvalue weighted by atomic mass is 10.1. The summed E-state index contributed by atoms with van der Waals surface area (Å²) in [5.41, 5.74) is 0. The van der Waals surface area contributed by atoms with Crippen LogP contribution in [0.15, 0.2) is 24.3 Å². The van der Waals surface area contributed by atoms with Gasteiger partial charge in [0.15, 0.2) is 11.5 Å². The van der Waals surface area contributed by atoms with Crippen molar-refractivity contribution in [1.82, 2.24) is 5.32 Å². The molecule has 0 heterocycles. The minimum Gasteiger partial charge on any atom is -0.490 e. The number of hydrogen-bond acceptors (Lipinski definition) is 3. The van der Waals surface area contributed by atoms with Gasteiger partial charge in [-0.25, -0.2) is 0 Å². The summed E-state index contributed by atoms with van der Waals surface area (Å²) < 4.78 is 11.7. The molecular formula is C17H29NO2. The molecule has 0 bridgehead atoms. The monoisotopic (exact) mass is 279 g/mol. The molecule has 114 valence electrons. The average molecular weight is 279 g/mol. The normalized spacial score (nSPS) is 12.4. The molecule has 1 N–H and O–H groups in total. The summed E-state index contributed by atoms with van der Waals surface area (Å²) in [5.74, 6) is 2.41. The molecule has 0 amide bonds. The molecule has 0 aliphatic heterocycles. The summed E-state index contributed by atoms with van der Waals surface area (Å²) >= 11 is 0. The quantitative estimate of drug-likeness (QED) is 0.659. The summed E-state index contributed by atoms with van der Waals surface area (Å²) in [5, 5.41) is 3.43. The van der Waals surface area contributed by atoms with Crippen LogP contribution in [0.3, 0.4) is 0 Å². The van der Waals surface area contributed by atoms with Gasteiger partial charge in [0.05, 0.1) is 6.61 Å². The maximum absolute atomic E-state index is 5.96. The average Bonchev–Trinajstić information content (AvgIpc) is 2.42. The predicted molar refractivity (Wildman–Crippen MR) is 84.6 cm³/mol. The third kappa shape index (κ3) is 6.80. The first kappa shape index (κ1) is 16.8. The van der Waals surface area contributed by atoms with Crippen LogP contribution < -0.4 is 14.8 Å². The Balaban J connectivity index is 2.38. The van der Waals surface area contributed by atoms with Gasteiger partial charge in [-0.3, -0.25) is 0 Å². The lowest BCUT2D eigenvalue weighted by Gasteiger charge is -2.18. The lowest BCUT2D eigenvalue weighted by Crippen LogP contribution is -2.30. The number of ether oxygens (including phenoxy) is 2. The lowest BCUT2D eigenvalue weighted by molar-refractivity contribution is 0.201. The molecule has 0 saturated carbocycles. The fourth-order valence-corrected chi connectivity index (χ4v) is 1.83. The van der Waals surface area contributed by atoms with E-state index in [2.05, 4.69) is 33.0 Å². The fourth-order valence-electron chi connectivity index (χ4n) is 1.83. The highest BCUT2D eigenvalue weighted by Crippen LogP contribution is 2.27. The van der Waals surface area contributed by atoms with E-state index < -0.39 is 0 Å². The Labute approximate surface area is 123 Å². The van der Waals surface area contributed by atoms with E-state index in [0.29, 0.717) is 0 Å². The van der Waals surface area contributed by atoms with E-state index in [9.17, 15) is 0 Å². The number of rotatable bonds is 10. The molecular weight excluding hydrogens is 250 g/mol. The minimum absolute atomic E-state index is 0.133. The largest absolute Gasteiger partial charge is 0.490 e. The van der Waals surface area contributed by atoms with E-state index in [-0.39, 0.29) is 6.10 Å². The van der Waals surface area contributed by atoms with Gasteiger partial charge in [-0.15, -0.1) is 0 Å². The van der Waals surface area contributed by atoms with Crippen LogP contribution in [0.4, 0.5) is 0 Å². The zero-order valence-electron chi connectivity index (χ0n) is 13.3.